The Morgan fingerprint density at radius 1 is 0.478 bits per heavy atom. The van der Waals surface area contributed by atoms with Crippen molar-refractivity contribution >= 4 is 12.3 Å². The maximum absolute atomic E-state index is 8.89. The summed E-state index contributed by atoms with van der Waals surface area (Å²) in [6.45, 7) is 5.98. The second kappa shape index (κ2) is 26.3. The second-order valence-electron chi connectivity index (χ2n) is 14.7. The molecule has 4 unspecified atom stereocenters. The standard InChI is InChI=1S/2C17H32O2.2CH2O3/c2*1-14(15-8-4-2-5-9-15)12-17(13-19-18)16-10-6-3-7-11-16;2*2-1(3)4/h2*14-18H,2-13H2,1H3;2*(H2,2,3,4). The van der Waals surface area contributed by atoms with E-state index in [2.05, 4.69) is 23.6 Å². The molecule has 4 rings (SSSR count). The molecular formula is C36H68O10. The Kier molecular flexibility index (Phi) is 24.3. The molecule has 4 saturated carbocycles. The Labute approximate surface area is 278 Å². The molecule has 10 nitrogen and oxygen atoms in total. The van der Waals surface area contributed by atoms with E-state index in [0.29, 0.717) is 25.0 Å². The topological polar surface area (TPSA) is 174 Å². The monoisotopic (exact) mass is 660 g/mol. The summed E-state index contributed by atoms with van der Waals surface area (Å²) in [7, 11) is 0. The number of hydrogen-bond acceptors (Lipinski definition) is 6. The summed E-state index contributed by atoms with van der Waals surface area (Å²) in [6, 6.07) is 0. The van der Waals surface area contributed by atoms with E-state index >= 15 is 0 Å². The molecule has 0 saturated heterocycles. The van der Waals surface area contributed by atoms with Gasteiger partial charge in [-0.05, 0) is 60.2 Å². The van der Waals surface area contributed by atoms with Crippen LogP contribution in [-0.4, -0.2) is 56.5 Å². The maximum atomic E-state index is 8.89. The smallest absolute Gasteiger partial charge is 0.450 e. The molecule has 10 heteroatoms. The highest BCUT2D eigenvalue weighted by Crippen LogP contribution is 2.40. The minimum atomic E-state index is -1.83. The zero-order valence-electron chi connectivity index (χ0n) is 28.9. The van der Waals surface area contributed by atoms with Gasteiger partial charge < -0.3 is 20.4 Å². The molecule has 0 heterocycles. The van der Waals surface area contributed by atoms with E-state index in [1.165, 1.54) is 141 Å². The molecule has 6 N–H and O–H groups in total. The van der Waals surface area contributed by atoms with Crippen molar-refractivity contribution < 1.29 is 50.3 Å². The van der Waals surface area contributed by atoms with E-state index < -0.39 is 12.3 Å². The lowest BCUT2D eigenvalue weighted by atomic mass is 9.72. The average molecular weight is 661 g/mol. The van der Waals surface area contributed by atoms with Crippen molar-refractivity contribution in [2.24, 2.45) is 47.3 Å². The molecule has 0 spiro atoms. The van der Waals surface area contributed by atoms with Crippen molar-refractivity contribution in [2.75, 3.05) is 13.2 Å². The van der Waals surface area contributed by atoms with Crippen molar-refractivity contribution in [1.29, 1.82) is 0 Å². The molecule has 0 bridgehead atoms. The van der Waals surface area contributed by atoms with Crippen LogP contribution in [0.25, 0.3) is 0 Å². The summed E-state index contributed by atoms with van der Waals surface area (Å²) in [6.07, 6.45) is 26.9. The SMILES string of the molecule is CC(CC(COO)C1CCCCC1)C1CCCCC1.CC(CC(COO)C1CCCCC1)C1CCCCC1.O=C(O)O.O=C(O)O. The molecule has 0 amide bonds. The largest absolute Gasteiger partial charge is 0.503 e. The number of carboxylic acid groups (broad SMARTS) is 4. The highest BCUT2D eigenvalue weighted by atomic mass is 17.1. The Hall–Kier alpha value is -1.62. The van der Waals surface area contributed by atoms with Gasteiger partial charge >= 0.3 is 12.3 Å². The lowest BCUT2D eigenvalue weighted by molar-refractivity contribution is -0.255. The molecule has 4 fully saturated rings. The van der Waals surface area contributed by atoms with Crippen LogP contribution in [0.3, 0.4) is 0 Å². The molecule has 0 aromatic rings. The molecule has 272 valence electrons. The second-order valence-corrected chi connectivity index (χ2v) is 14.7. The molecular weight excluding hydrogens is 592 g/mol. The van der Waals surface area contributed by atoms with Gasteiger partial charge in [0.1, 0.15) is 0 Å². The normalized spacial score (nSPS) is 22.7. The first-order valence-corrected chi connectivity index (χ1v) is 18.4. The summed E-state index contributed by atoms with van der Waals surface area (Å²) in [5.74, 6) is 6.24. The van der Waals surface area contributed by atoms with E-state index in [0.717, 1.165) is 35.5 Å². The fourth-order valence-corrected chi connectivity index (χ4v) is 8.94. The molecule has 0 aromatic heterocycles. The quantitative estimate of drug-likeness (QED) is 0.0872. The van der Waals surface area contributed by atoms with Crippen LogP contribution in [0.5, 0.6) is 0 Å². The minimum Gasteiger partial charge on any atom is -0.450 e. The summed E-state index contributed by atoms with van der Waals surface area (Å²) >= 11 is 0. The first-order valence-electron chi connectivity index (χ1n) is 18.4. The molecule has 4 aliphatic rings. The molecule has 0 radical (unpaired) electrons. The van der Waals surface area contributed by atoms with Crippen molar-refractivity contribution in [2.45, 2.75) is 155 Å². The third kappa shape index (κ3) is 19.9. The summed E-state index contributed by atoms with van der Waals surface area (Å²) in [5, 5.41) is 45.7. The van der Waals surface area contributed by atoms with Gasteiger partial charge in [-0.2, -0.15) is 0 Å². The molecule has 0 aromatic carbocycles. The Bertz CT molecular complexity index is 671. The molecule has 46 heavy (non-hydrogen) atoms. The fraction of sp³-hybridized carbons (Fsp3) is 0.944. The van der Waals surface area contributed by atoms with Crippen LogP contribution in [0.4, 0.5) is 9.59 Å². The number of hydrogen-bond donors (Lipinski definition) is 6. The van der Waals surface area contributed by atoms with Gasteiger partial charge in [-0.15, -0.1) is 0 Å². The average Bonchev–Trinajstić information content (AvgIpc) is 3.06. The summed E-state index contributed by atoms with van der Waals surface area (Å²) in [5.41, 5.74) is 0. The zero-order chi connectivity index (χ0) is 34.2. The van der Waals surface area contributed by atoms with Crippen molar-refractivity contribution in [3.63, 3.8) is 0 Å². The van der Waals surface area contributed by atoms with Gasteiger partial charge in [0, 0.05) is 0 Å². The molecule has 4 atom stereocenters. The first kappa shape index (κ1) is 42.4. The first-order chi connectivity index (χ1) is 22.1. The van der Waals surface area contributed by atoms with E-state index in [9.17, 15) is 0 Å². The van der Waals surface area contributed by atoms with Crippen LogP contribution in [-0.2, 0) is 9.78 Å². The van der Waals surface area contributed by atoms with Crippen molar-refractivity contribution in [3.8, 4) is 0 Å². The third-order valence-electron chi connectivity index (χ3n) is 11.5. The van der Waals surface area contributed by atoms with E-state index in [-0.39, 0.29) is 0 Å². The van der Waals surface area contributed by atoms with Crippen molar-refractivity contribution in [1.82, 2.24) is 0 Å². The van der Waals surface area contributed by atoms with Gasteiger partial charge in [0.25, 0.3) is 0 Å². The molecule has 4 aliphatic carbocycles. The zero-order valence-corrected chi connectivity index (χ0v) is 28.9. The molecule has 0 aliphatic heterocycles. The Morgan fingerprint density at radius 2 is 0.696 bits per heavy atom. The van der Waals surface area contributed by atoms with Crippen LogP contribution in [0.1, 0.15) is 155 Å². The van der Waals surface area contributed by atoms with Crippen LogP contribution >= 0.6 is 0 Å². The van der Waals surface area contributed by atoms with Crippen LogP contribution in [0, 0.1) is 47.3 Å². The highest BCUT2D eigenvalue weighted by Gasteiger charge is 2.30. The van der Waals surface area contributed by atoms with Crippen LogP contribution < -0.4 is 0 Å². The minimum absolute atomic E-state index is 0.557. The lowest BCUT2D eigenvalue weighted by Gasteiger charge is -2.34. The maximum Gasteiger partial charge on any atom is 0.503 e. The number of rotatable bonds is 12. The predicted octanol–water partition coefficient (Wildman–Crippen LogP) is 11.0. The predicted molar refractivity (Wildman–Crippen MR) is 179 cm³/mol. The third-order valence-corrected chi connectivity index (χ3v) is 11.5. The van der Waals surface area contributed by atoms with E-state index in [1.807, 2.05) is 0 Å². The van der Waals surface area contributed by atoms with Gasteiger partial charge in [0.15, 0.2) is 0 Å². The van der Waals surface area contributed by atoms with E-state index in [1.54, 1.807) is 0 Å². The van der Waals surface area contributed by atoms with Crippen LogP contribution in [0.15, 0.2) is 0 Å². The summed E-state index contributed by atoms with van der Waals surface area (Å²) in [4.78, 5) is 26.2. The number of carbonyl (C=O) groups is 2. The van der Waals surface area contributed by atoms with Gasteiger partial charge in [-0.25, -0.2) is 19.4 Å². The van der Waals surface area contributed by atoms with Gasteiger partial charge in [0.2, 0.25) is 0 Å². The van der Waals surface area contributed by atoms with Gasteiger partial charge in [-0.1, -0.05) is 142 Å². The highest BCUT2D eigenvalue weighted by molar-refractivity contribution is 5.53. The van der Waals surface area contributed by atoms with Gasteiger partial charge in [0.05, 0.1) is 13.2 Å². The fourth-order valence-electron chi connectivity index (χ4n) is 8.94. The van der Waals surface area contributed by atoms with Crippen LogP contribution in [0.2, 0.25) is 0 Å². The lowest BCUT2D eigenvalue weighted by Crippen LogP contribution is -2.27. The van der Waals surface area contributed by atoms with Crippen molar-refractivity contribution in [3.05, 3.63) is 0 Å². The van der Waals surface area contributed by atoms with E-state index in [4.69, 9.17) is 40.5 Å². The Balaban J connectivity index is 0.000000374. The summed E-state index contributed by atoms with van der Waals surface area (Å²) < 4.78 is 0. The Morgan fingerprint density at radius 3 is 0.913 bits per heavy atom. The van der Waals surface area contributed by atoms with Gasteiger partial charge in [-0.3, -0.25) is 10.5 Å².